The maximum Gasteiger partial charge on any atom is 0.290 e. The SMILES string of the molecule is Cn1nc(-c2ccccc2)c(C(=O)/C=C\c2ccc(Cl)cc2)c(N2CCCCC2)c1=O. The standard InChI is InChI=1S/C25H24ClN3O2/c1-28-25(31)24(29-16-6-3-7-17-29)22(23(27-28)19-8-4-2-5-9-19)21(30)15-12-18-10-13-20(26)14-11-18/h2,4-5,8-15H,3,6-7,16-17H2,1H3/b15-12-. The number of nitrogens with zero attached hydrogens (tertiary/aromatic N) is 3. The molecule has 0 bridgehead atoms. The Morgan fingerprint density at radius 2 is 1.68 bits per heavy atom. The molecule has 1 saturated heterocycles. The Bertz CT molecular complexity index is 1160. The molecule has 5 nitrogen and oxygen atoms in total. The van der Waals surface area contributed by atoms with E-state index in [1.807, 2.05) is 47.4 Å². The fourth-order valence-corrected chi connectivity index (χ4v) is 4.02. The van der Waals surface area contributed by atoms with Gasteiger partial charge < -0.3 is 4.90 Å². The van der Waals surface area contributed by atoms with Crippen LogP contribution in [-0.4, -0.2) is 28.7 Å². The molecule has 3 aromatic rings. The summed E-state index contributed by atoms with van der Waals surface area (Å²) < 4.78 is 1.34. The van der Waals surface area contributed by atoms with E-state index < -0.39 is 0 Å². The van der Waals surface area contributed by atoms with Gasteiger partial charge in [0, 0.05) is 30.7 Å². The predicted octanol–water partition coefficient (Wildman–Crippen LogP) is 4.99. The lowest BCUT2D eigenvalue weighted by Crippen LogP contribution is -2.38. The molecule has 1 aliphatic rings. The highest BCUT2D eigenvalue weighted by Gasteiger charge is 2.26. The van der Waals surface area contributed by atoms with E-state index in [0.717, 1.165) is 43.5 Å². The maximum atomic E-state index is 13.5. The van der Waals surface area contributed by atoms with Gasteiger partial charge in [-0.1, -0.05) is 60.1 Å². The van der Waals surface area contributed by atoms with Gasteiger partial charge in [0.15, 0.2) is 5.78 Å². The second-order valence-corrected chi connectivity index (χ2v) is 8.10. The molecule has 1 aromatic heterocycles. The third kappa shape index (κ3) is 4.62. The van der Waals surface area contributed by atoms with E-state index in [0.29, 0.717) is 22.0 Å². The number of rotatable bonds is 5. The van der Waals surface area contributed by atoms with Crippen LogP contribution in [0, 0.1) is 0 Å². The normalized spacial score (nSPS) is 14.2. The van der Waals surface area contributed by atoms with Gasteiger partial charge >= 0.3 is 0 Å². The molecular formula is C25H24ClN3O2. The fourth-order valence-electron chi connectivity index (χ4n) is 3.89. The lowest BCUT2D eigenvalue weighted by Gasteiger charge is -2.30. The smallest absolute Gasteiger partial charge is 0.290 e. The van der Waals surface area contributed by atoms with Gasteiger partial charge in [-0.25, -0.2) is 4.68 Å². The van der Waals surface area contributed by atoms with E-state index in [1.165, 1.54) is 10.8 Å². The molecule has 0 spiro atoms. The van der Waals surface area contributed by atoms with Crippen molar-refractivity contribution in [1.82, 2.24) is 9.78 Å². The van der Waals surface area contributed by atoms with E-state index in [1.54, 1.807) is 25.3 Å². The van der Waals surface area contributed by atoms with Crippen LogP contribution in [0.5, 0.6) is 0 Å². The van der Waals surface area contributed by atoms with Gasteiger partial charge in [-0.15, -0.1) is 0 Å². The second-order valence-electron chi connectivity index (χ2n) is 7.66. The zero-order valence-electron chi connectivity index (χ0n) is 17.4. The number of carbonyl (C=O) groups is 1. The minimum Gasteiger partial charge on any atom is -0.366 e. The van der Waals surface area contributed by atoms with Gasteiger partial charge in [0.05, 0.1) is 5.56 Å². The van der Waals surface area contributed by atoms with Gasteiger partial charge in [0.2, 0.25) is 0 Å². The van der Waals surface area contributed by atoms with Crippen molar-refractivity contribution in [3.63, 3.8) is 0 Å². The monoisotopic (exact) mass is 433 g/mol. The quantitative estimate of drug-likeness (QED) is 0.420. The third-order valence-corrected chi connectivity index (χ3v) is 5.74. The molecule has 1 fully saturated rings. The number of anilines is 1. The average Bonchev–Trinajstić information content (AvgIpc) is 2.81. The van der Waals surface area contributed by atoms with Crippen molar-refractivity contribution in [1.29, 1.82) is 0 Å². The maximum absolute atomic E-state index is 13.5. The Balaban J connectivity index is 1.86. The first-order valence-electron chi connectivity index (χ1n) is 10.4. The zero-order chi connectivity index (χ0) is 21.8. The molecule has 0 aliphatic carbocycles. The van der Waals surface area contributed by atoms with Crippen LogP contribution in [0.1, 0.15) is 35.2 Å². The van der Waals surface area contributed by atoms with Crippen LogP contribution >= 0.6 is 11.6 Å². The molecule has 0 unspecified atom stereocenters. The number of hydrogen-bond donors (Lipinski definition) is 0. The van der Waals surface area contributed by atoms with Crippen LogP contribution in [0.25, 0.3) is 17.3 Å². The van der Waals surface area contributed by atoms with E-state index in [2.05, 4.69) is 5.10 Å². The molecule has 31 heavy (non-hydrogen) atoms. The van der Waals surface area contributed by atoms with E-state index in [9.17, 15) is 9.59 Å². The summed E-state index contributed by atoms with van der Waals surface area (Å²) >= 11 is 5.96. The zero-order valence-corrected chi connectivity index (χ0v) is 18.2. The number of carbonyl (C=O) groups excluding carboxylic acids is 1. The minimum atomic E-state index is -0.246. The molecule has 0 saturated carbocycles. The van der Waals surface area contributed by atoms with E-state index in [-0.39, 0.29) is 11.3 Å². The van der Waals surface area contributed by atoms with Gasteiger partial charge in [-0.3, -0.25) is 9.59 Å². The van der Waals surface area contributed by atoms with Gasteiger partial charge in [0.1, 0.15) is 11.4 Å². The first-order valence-corrected chi connectivity index (χ1v) is 10.8. The molecule has 158 valence electrons. The van der Waals surface area contributed by atoms with Gasteiger partial charge in [-0.05, 0) is 43.0 Å². The summed E-state index contributed by atoms with van der Waals surface area (Å²) in [4.78, 5) is 28.7. The third-order valence-electron chi connectivity index (χ3n) is 5.48. The second kappa shape index (κ2) is 9.31. The molecule has 1 aliphatic heterocycles. The highest BCUT2D eigenvalue weighted by Crippen LogP contribution is 2.29. The van der Waals surface area contributed by atoms with E-state index >= 15 is 0 Å². The number of aromatic nitrogens is 2. The molecule has 0 amide bonds. The fraction of sp³-hybridized carbons (Fsp3) is 0.240. The Kier molecular flexibility index (Phi) is 6.33. The van der Waals surface area contributed by atoms with Crippen LogP contribution in [0.3, 0.4) is 0 Å². The Hall–Kier alpha value is -3.18. The molecule has 6 heteroatoms. The molecule has 0 radical (unpaired) electrons. The van der Waals surface area contributed by atoms with Crippen LogP contribution in [0.15, 0.2) is 65.5 Å². The summed E-state index contributed by atoms with van der Waals surface area (Å²) in [6, 6.07) is 16.8. The predicted molar refractivity (Wildman–Crippen MR) is 126 cm³/mol. The van der Waals surface area contributed by atoms with Gasteiger partial charge in [-0.2, -0.15) is 5.10 Å². The highest BCUT2D eigenvalue weighted by atomic mass is 35.5. The first-order chi connectivity index (χ1) is 15.0. The average molecular weight is 434 g/mol. The number of aryl methyl sites for hydroxylation is 1. The summed E-state index contributed by atoms with van der Waals surface area (Å²) in [5.74, 6) is -0.237. The van der Waals surface area contributed by atoms with E-state index in [4.69, 9.17) is 11.6 Å². The summed E-state index contributed by atoms with van der Waals surface area (Å²) in [5.41, 5.74) is 2.75. The van der Waals surface area contributed by atoms with Crippen molar-refractivity contribution in [3.8, 4) is 11.3 Å². The van der Waals surface area contributed by atoms with Crippen molar-refractivity contribution in [3.05, 3.63) is 87.2 Å². The summed E-state index contributed by atoms with van der Waals surface area (Å²) in [6.45, 7) is 1.52. The largest absolute Gasteiger partial charge is 0.366 e. The number of benzene rings is 2. The van der Waals surface area contributed by atoms with Crippen molar-refractivity contribution < 1.29 is 4.79 Å². The number of ketones is 1. The van der Waals surface area contributed by atoms with Crippen molar-refractivity contribution in [2.75, 3.05) is 18.0 Å². The molecular weight excluding hydrogens is 410 g/mol. The first kappa shape index (κ1) is 21.1. The number of halogens is 1. The minimum absolute atomic E-state index is 0.237. The Labute approximate surface area is 186 Å². The lowest BCUT2D eigenvalue weighted by molar-refractivity contribution is 0.104. The van der Waals surface area contributed by atoms with Gasteiger partial charge in [0.25, 0.3) is 5.56 Å². The summed E-state index contributed by atoms with van der Waals surface area (Å²) in [5, 5.41) is 5.13. The molecule has 2 heterocycles. The topological polar surface area (TPSA) is 55.2 Å². The van der Waals surface area contributed by atoms with Crippen molar-refractivity contribution in [2.45, 2.75) is 19.3 Å². The molecule has 2 aromatic carbocycles. The number of allylic oxidation sites excluding steroid dienone is 1. The molecule has 0 atom stereocenters. The van der Waals surface area contributed by atoms with Crippen molar-refractivity contribution >= 4 is 29.1 Å². The lowest BCUT2D eigenvalue weighted by atomic mass is 9.99. The molecule has 4 rings (SSSR count). The van der Waals surface area contributed by atoms with Crippen LogP contribution in [0.4, 0.5) is 5.69 Å². The number of hydrogen-bond acceptors (Lipinski definition) is 4. The number of piperidine rings is 1. The Morgan fingerprint density at radius 3 is 2.35 bits per heavy atom. The summed E-state index contributed by atoms with van der Waals surface area (Å²) in [7, 11) is 1.64. The van der Waals surface area contributed by atoms with Crippen LogP contribution in [0.2, 0.25) is 5.02 Å². The Morgan fingerprint density at radius 1 is 1.00 bits per heavy atom. The molecule has 0 N–H and O–H groups in total. The summed E-state index contributed by atoms with van der Waals surface area (Å²) in [6.07, 6.45) is 6.39. The van der Waals surface area contributed by atoms with Crippen LogP contribution < -0.4 is 10.5 Å². The van der Waals surface area contributed by atoms with Crippen molar-refractivity contribution in [2.24, 2.45) is 7.05 Å². The highest BCUT2D eigenvalue weighted by molar-refractivity contribution is 6.30. The van der Waals surface area contributed by atoms with Crippen LogP contribution in [-0.2, 0) is 7.05 Å².